The fraction of sp³-hybridized carbons (Fsp3) is 0.818. The van der Waals surface area contributed by atoms with Crippen molar-refractivity contribution in [3.05, 3.63) is 0 Å². The van der Waals surface area contributed by atoms with Crippen molar-refractivity contribution >= 4 is 23.1 Å². The summed E-state index contributed by atoms with van der Waals surface area (Å²) in [6.07, 6.45) is 5.09. The lowest BCUT2D eigenvalue weighted by Gasteiger charge is -2.23. The Labute approximate surface area is 101 Å². The van der Waals surface area contributed by atoms with E-state index in [9.17, 15) is 4.79 Å². The average Bonchev–Trinajstić information content (AvgIpc) is 3.08. The average molecular weight is 242 g/mol. The second kappa shape index (κ2) is 4.67. The third-order valence-electron chi connectivity index (χ3n) is 3.42. The molecule has 5 heteroatoms. The third kappa shape index (κ3) is 2.35. The lowest BCUT2D eigenvalue weighted by molar-refractivity contribution is -0.124. The van der Waals surface area contributed by atoms with Crippen molar-refractivity contribution in [3.63, 3.8) is 0 Å². The van der Waals surface area contributed by atoms with Gasteiger partial charge in [-0.3, -0.25) is 4.79 Å². The molecule has 16 heavy (non-hydrogen) atoms. The highest BCUT2D eigenvalue weighted by Gasteiger charge is 2.52. The van der Waals surface area contributed by atoms with Gasteiger partial charge >= 0.3 is 0 Å². The number of carbonyl (C=O) groups is 1. The van der Waals surface area contributed by atoms with E-state index in [0.29, 0.717) is 11.5 Å². The van der Waals surface area contributed by atoms with Crippen LogP contribution in [-0.2, 0) is 9.53 Å². The smallest absolute Gasteiger partial charge is 0.233 e. The van der Waals surface area contributed by atoms with Crippen LogP contribution in [0.4, 0.5) is 0 Å². The summed E-state index contributed by atoms with van der Waals surface area (Å²) in [5.41, 5.74) is 5.04. The number of nitrogens with one attached hydrogen (secondary N) is 1. The van der Waals surface area contributed by atoms with Crippen LogP contribution in [0.15, 0.2) is 0 Å². The van der Waals surface area contributed by atoms with E-state index in [1.54, 1.807) is 0 Å². The summed E-state index contributed by atoms with van der Waals surface area (Å²) in [4.78, 5) is 12.2. The first-order valence-corrected chi connectivity index (χ1v) is 6.26. The summed E-state index contributed by atoms with van der Waals surface area (Å²) < 4.78 is 5.54. The van der Waals surface area contributed by atoms with Crippen LogP contribution in [0.2, 0.25) is 0 Å². The molecule has 1 saturated heterocycles. The van der Waals surface area contributed by atoms with E-state index in [-0.39, 0.29) is 12.0 Å². The minimum Gasteiger partial charge on any atom is -0.392 e. The van der Waals surface area contributed by atoms with Crippen molar-refractivity contribution in [1.29, 1.82) is 0 Å². The van der Waals surface area contributed by atoms with Crippen LogP contribution in [0, 0.1) is 5.41 Å². The van der Waals surface area contributed by atoms with Gasteiger partial charge in [-0.25, -0.2) is 0 Å². The van der Waals surface area contributed by atoms with Crippen LogP contribution in [-0.4, -0.2) is 30.2 Å². The van der Waals surface area contributed by atoms with Gasteiger partial charge in [0.15, 0.2) is 0 Å². The molecule has 0 spiro atoms. The Morgan fingerprint density at radius 3 is 2.75 bits per heavy atom. The number of amides is 1. The molecule has 2 rings (SSSR count). The van der Waals surface area contributed by atoms with Gasteiger partial charge in [-0.05, 0) is 32.1 Å². The van der Waals surface area contributed by atoms with Gasteiger partial charge in [-0.15, -0.1) is 0 Å². The molecule has 1 atom stereocenters. The molecule has 1 amide bonds. The summed E-state index contributed by atoms with van der Waals surface area (Å²) in [5, 5.41) is 2.91. The van der Waals surface area contributed by atoms with Crippen LogP contribution in [0.25, 0.3) is 0 Å². The minimum atomic E-state index is -0.538. The first kappa shape index (κ1) is 11.8. The molecule has 1 heterocycles. The molecule has 2 aliphatic rings. The predicted molar refractivity (Wildman–Crippen MR) is 65.1 cm³/mol. The molecule has 3 N–H and O–H groups in total. The lowest BCUT2D eigenvalue weighted by atomic mass is 10.1. The topological polar surface area (TPSA) is 64.4 Å². The number of carbonyl (C=O) groups excluding carboxylic acids is 1. The molecular formula is C11H18N2O2S. The van der Waals surface area contributed by atoms with Crippen molar-refractivity contribution in [2.24, 2.45) is 11.1 Å². The summed E-state index contributed by atoms with van der Waals surface area (Å²) in [6, 6.07) is 0. The molecule has 90 valence electrons. The maximum Gasteiger partial charge on any atom is 0.233 e. The highest BCUT2D eigenvalue weighted by Crippen LogP contribution is 2.46. The van der Waals surface area contributed by atoms with Gasteiger partial charge < -0.3 is 15.8 Å². The molecule has 1 saturated carbocycles. The first-order chi connectivity index (χ1) is 7.65. The number of nitrogens with two attached hydrogens (primary N) is 1. The monoisotopic (exact) mass is 242 g/mol. The van der Waals surface area contributed by atoms with Crippen LogP contribution in [0.1, 0.15) is 32.1 Å². The van der Waals surface area contributed by atoms with Gasteiger partial charge in [0.05, 0.1) is 16.5 Å². The Morgan fingerprint density at radius 2 is 2.25 bits per heavy atom. The van der Waals surface area contributed by atoms with Crippen LogP contribution < -0.4 is 11.1 Å². The van der Waals surface area contributed by atoms with Gasteiger partial charge in [-0.1, -0.05) is 12.2 Å². The highest BCUT2D eigenvalue weighted by molar-refractivity contribution is 7.80. The number of hydrogen-bond acceptors (Lipinski definition) is 3. The first-order valence-electron chi connectivity index (χ1n) is 5.85. The number of ether oxygens (including phenoxy) is 1. The zero-order valence-electron chi connectivity index (χ0n) is 9.33. The standard InChI is InChI=1S/C11H18N2O2S/c12-9(16)11(4-5-11)10(14)13-7-8-3-1-2-6-15-8/h8H,1-7H2,(H2,12,16)(H,13,14). The van der Waals surface area contributed by atoms with E-state index in [0.717, 1.165) is 32.3 Å². The normalized spacial score (nSPS) is 27.1. The molecule has 0 aromatic rings. The maximum absolute atomic E-state index is 11.9. The molecule has 0 aromatic carbocycles. The van der Waals surface area contributed by atoms with E-state index in [4.69, 9.17) is 22.7 Å². The van der Waals surface area contributed by atoms with Crippen LogP contribution in [0.3, 0.4) is 0 Å². The van der Waals surface area contributed by atoms with Gasteiger partial charge in [-0.2, -0.15) is 0 Å². The van der Waals surface area contributed by atoms with Crippen molar-refractivity contribution < 1.29 is 9.53 Å². The molecule has 4 nitrogen and oxygen atoms in total. The molecule has 0 radical (unpaired) electrons. The lowest BCUT2D eigenvalue weighted by Crippen LogP contribution is -2.43. The Morgan fingerprint density at radius 1 is 1.50 bits per heavy atom. The van der Waals surface area contributed by atoms with Gasteiger partial charge in [0.1, 0.15) is 0 Å². The maximum atomic E-state index is 11.9. The van der Waals surface area contributed by atoms with Gasteiger partial charge in [0.2, 0.25) is 5.91 Å². The molecule has 1 aliphatic carbocycles. The second-order valence-electron chi connectivity index (χ2n) is 4.64. The Hall–Kier alpha value is -0.680. The predicted octanol–water partition coefficient (Wildman–Crippen LogP) is 0.738. The minimum absolute atomic E-state index is 0.0193. The molecule has 0 aromatic heterocycles. The quantitative estimate of drug-likeness (QED) is 0.714. The summed E-state index contributed by atoms with van der Waals surface area (Å²) >= 11 is 4.93. The zero-order valence-corrected chi connectivity index (χ0v) is 10.1. The molecule has 1 unspecified atom stereocenters. The van der Waals surface area contributed by atoms with Gasteiger partial charge in [0, 0.05) is 13.2 Å². The Bertz CT molecular complexity index is 296. The number of hydrogen-bond donors (Lipinski definition) is 2. The second-order valence-corrected chi connectivity index (χ2v) is 5.08. The summed E-state index contributed by atoms with van der Waals surface area (Å²) in [5.74, 6) is -0.0193. The van der Waals surface area contributed by atoms with E-state index in [1.807, 2.05) is 0 Å². The summed E-state index contributed by atoms with van der Waals surface area (Å²) in [6.45, 7) is 1.39. The van der Waals surface area contributed by atoms with Crippen molar-refractivity contribution in [1.82, 2.24) is 5.32 Å². The third-order valence-corrected chi connectivity index (χ3v) is 3.81. The molecule has 0 bridgehead atoms. The number of rotatable bonds is 4. The highest BCUT2D eigenvalue weighted by atomic mass is 32.1. The molecule has 2 fully saturated rings. The Balaban J connectivity index is 1.77. The van der Waals surface area contributed by atoms with E-state index < -0.39 is 5.41 Å². The Kier molecular flexibility index (Phi) is 3.44. The fourth-order valence-electron chi connectivity index (χ4n) is 2.05. The van der Waals surface area contributed by atoms with E-state index in [1.165, 1.54) is 6.42 Å². The van der Waals surface area contributed by atoms with E-state index in [2.05, 4.69) is 5.32 Å². The van der Waals surface area contributed by atoms with E-state index >= 15 is 0 Å². The van der Waals surface area contributed by atoms with Crippen LogP contribution >= 0.6 is 12.2 Å². The van der Waals surface area contributed by atoms with Crippen molar-refractivity contribution in [3.8, 4) is 0 Å². The van der Waals surface area contributed by atoms with Crippen molar-refractivity contribution in [2.45, 2.75) is 38.2 Å². The van der Waals surface area contributed by atoms with Crippen molar-refractivity contribution in [2.75, 3.05) is 13.2 Å². The zero-order chi connectivity index (χ0) is 11.6. The fourth-order valence-corrected chi connectivity index (χ4v) is 2.35. The largest absolute Gasteiger partial charge is 0.392 e. The molecular weight excluding hydrogens is 224 g/mol. The SMILES string of the molecule is NC(=S)C1(C(=O)NCC2CCCCO2)CC1. The molecule has 1 aliphatic heterocycles. The summed E-state index contributed by atoms with van der Waals surface area (Å²) in [7, 11) is 0. The van der Waals surface area contributed by atoms with Gasteiger partial charge in [0.25, 0.3) is 0 Å². The number of thiocarbonyl (C=S) groups is 1. The van der Waals surface area contributed by atoms with Crippen LogP contribution in [0.5, 0.6) is 0 Å².